The van der Waals surface area contributed by atoms with Gasteiger partial charge in [0.05, 0.1) is 6.20 Å². The molecule has 0 unspecified atom stereocenters. The van der Waals surface area contributed by atoms with Crippen LogP contribution in [0.4, 0.5) is 0 Å². The molecule has 0 aromatic carbocycles. The summed E-state index contributed by atoms with van der Waals surface area (Å²) in [5.74, 6) is 0.0778. The standard InChI is InChI=1S/C16H22N4O/c1-4-13-7-5-6-8-19(13)16(21)14-10-17-20-12(3)9-11(2)18-15(14)20/h9-10,13H,4-8H2,1-3H3/t13-/m0/s1. The van der Waals surface area contributed by atoms with Gasteiger partial charge in [0.15, 0.2) is 5.65 Å². The summed E-state index contributed by atoms with van der Waals surface area (Å²) in [4.78, 5) is 19.4. The third kappa shape index (κ3) is 2.41. The molecule has 112 valence electrons. The summed E-state index contributed by atoms with van der Waals surface area (Å²) in [6, 6.07) is 2.33. The van der Waals surface area contributed by atoms with Gasteiger partial charge in [0, 0.05) is 24.0 Å². The molecule has 0 N–H and O–H groups in total. The number of carbonyl (C=O) groups is 1. The highest BCUT2D eigenvalue weighted by Crippen LogP contribution is 2.23. The van der Waals surface area contributed by atoms with Crippen LogP contribution in [0.25, 0.3) is 5.65 Å². The Morgan fingerprint density at radius 3 is 2.95 bits per heavy atom. The van der Waals surface area contributed by atoms with Gasteiger partial charge in [0.2, 0.25) is 0 Å². The topological polar surface area (TPSA) is 50.5 Å². The minimum atomic E-state index is 0.0778. The van der Waals surface area contributed by atoms with E-state index < -0.39 is 0 Å². The maximum Gasteiger partial charge on any atom is 0.259 e. The molecule has 0 spiro atoms. The molecule has 1 aliphatic rings. The Morgan fingerprint density at radius 1 is 1.38 bits per heavy atom. The van der Waals surface area contributed by atoms with Crippen molar-refractivity contribution >= 4 is 11.6 Å². The van der Waals surface area contributed by atoms with E-state index in [-0.39, 0.29) is 5.91 Å². The number of nitrogens with zero attached hydrogens (tertiary/aromatic N) is 4. The monoisotopic (exact) mass is 286 g/mol. The molecule has 21 heavy (non-hydrogen) atoms. The zero-order valence-corrected chi connectivity index (χ0v) is 13.0. The first-order chi connectivity index (χ1) is 10.1. The molecule has 0 saturated carbocycles. The lowest BCUT2D eigenvalue weighted by Gasteiger charge is -2.35. The van der Waals surface area contributed by atoms with E-state index >= 15 is 0 Å². The lowest BCUT2D eigenvalue weighted by molar-refractivity contribution is 0.0610. The Hall–Kier alpha value is -1.91. The lowest BCUT2D eigenvalue weighted by atomic mass is 9.99. The third-order valence-electron chi connectivity index (χ3n) is 4.37. The van der Waals surface area contributed by atoms with E-state index in [1.54, 1.807) is 10.7 Å². The van der Waals surface area contributed by atoms with Crippen LogP contribution >= 0.6 is 0 Å². The fraction of sp³-hybridized carbons (Fsp3) is 0.562. The summed E-state index contributed by atoms with van der Waals surface area (Å²) in [6.07, 6.45) is 6.09. The van der Waals surface area contributed by atoms with Crippen molar-refractivity contribution in [3.05, 3.63) is 29.2 Å². The van der Waals surface area contributed by atoms with Crippen molar-refractivity contribution < 1.29 is 4.79 Å². The molecule has 1 amide bonds. The second-order valence-corrected chi connectivity index (χ2v) is 5.89. The number of amides is 1. The largest absolute Gasteiger partial charge is 0.336 e. The first kappa shape index (κ1) is 14.0. The summed E-state index contributed by atoms with van der Waals surface area (Å²) >= 11 is 0. The highest BCUT2D eigenvalue weighted by Gasteiger charge is 2.28. The predicted octanol–water partition coefficient (Wildman–Crippen LogP) is 2.75. The molecule has 1 fully saturated rings. The molecule has 5 heteroatoms. The number of likely N-dealkylation sites (tertiary alicyclic amines) is 1. The van der Waals surface area contributed by atoms with Gasteiger partial charge < -0.3 is 4.90 Å². The zero-order valence-electron chi connectivity index (χ0n) is 13.0. The van der Waals surface area contributed by atoms with Crippen molar-refractivity contribution in [2.24, 2.45) is 0 Å². The minimum absolute atomic E-state index is 0.0778. The van der Waals surface area contributed by atoms with Gasteiger partial charge in [-0.3, -0.25) is 4.79 Å². The van der Waals surface area contributed by atoms with E-state index in [0.29, 0.717) is 17.3 Å². The number of fused-ring (bicyclic) bond motifs is 1. The first-order valence-electron chi connectivity index (χ1n) is 7.74. The molecule has 3 rings (SSSR count). The number of hydrogen-bond donors (Lipinski definition) is 0. The van der Waals surface area contributed by atoms with E-state index in [0.717, 1.165) is 37.2 Å². The van der Waals surface area contributed by atoms with Crippen molar-refractivity contribution in [1.29, 1.82) is 0 Å². The maximum absolute atomic E-state index is 12.9. The fourth-order valence-electron chi connectivity index (χ4n) is 3.27. The average molecular weight is 286 g/mol. The van der Waals surface area contributed by atoms with Crippen LogP contribution in [-0.4, -0.2) is 38.0 Å². The third-order valence-corrected chi connectivity index (χ3v) is 4.37. The van der Waals surface area contributed by atoms with Crippen LogP contribution in [0.3, 0.4) is 0 Å². The number of carbonyl (C=O) groups excluding carboxylic acids is 1. The van der Waals surface area contributed by atoms with Crippen LogP contribution in [0.2, 0.25) is 0 Å². The minimum Gasteiger partial charge on any atom is -0.336 e. The number of aromatic nitrogens is 3. The van der Waals surface area contributed by atoms with Crippen molar-refractivity contribution in [3.8, 4) is 0 Å². The Balaban J connectivity index is 2.01. The Labute approximate surface area is 125 Å². The molecule has 0 aliphatic carbocycles. The molecule has 0 bridgehead atoms. The summed E-state index contributed by atoms with van der Waals surface area (Å²) in [5, 5.41) is 4.33. The summed E-state index contributed by atoms with van der Waals surface area (Å²) in [5.41, 5.74) is 3.22. The van der Waals surface area contributed by atoms with Gasteiger partial charge in [-0.1, -0.05) is 6.92 Å². The van der Waals surface area contributed by atoms with Crippen LogP contribution in [0.5, 0.6) is 0 Å². The zero-order chi connectivity index (χ0) is 15.0. The van der Waals surface area contributed by atoms with E-state index in [4.69, 9.17) is 0 Å². The van der Waals surface area contributed by atoms with Crippen LogP contribution in [0.15, 0.2) is 12.3 Å². The Morgan fingerprint density at radius 2 is 2.19 bits per heavy atom. The van der Waals surface area contributed by atoms with E-state index in [2.05, 4.69) is 17.0 Å². The van der Waals surface area contributed by atoms with Crippen LogP contribution in [-0.2, 0) is 0 Å². The van der Waals surface area contributed by atoms with E-state index in [9.17, 15) is 4.79 Å². The van der Waals surface area contributed by atoms with Gasteiger partial charge >= 0.3 is 0 Å². The summed E-state index contributed by atoms with van der Waals surface area (Å²) < 4.78 is 1.76. The second kappa shape index (κ2) is 5.47. The summed E-state index contributed by atoms with van der Waals surface area (Å²) in [6.45, 7) is 6.93. The number of piperidine rings is 1. The average Bonchev–Trinajstić information content (AvgIpc) is 2.90. The van der Waals surface area contributed by atoms with Crippen molar-refractivity contribution in [2.75, 3.05) is 6.54 Å². The molecular weight excluding hydrogens is 264 g/mol. The Kier molecular flexibility index (Phi) is 3.66. The second-order valence-electron chi connectivity index (χ2n) is 5.89. The van der Waals surface area contributed by atoms with Gasteiger partial charge in [0.1, 0.15) is 5.56 Å². The van der Waals surface area contributed by atoms with Crippen molar-refractivity contribution in [2.45, 2.75) is 52.5 Å². The maximum atomic E-state index is 12.9. The summed E-state index contributed by atoms with van der Waals surface area (Å²) in [7, 11) is 0. The van der Waals surface area contributed by atoms with Gasteiger partial charge in [-0.25, -0.2) is 9.50 Å². The molecule has 3 heterocycles. The fourth-order valence-corrected chi connectivity index (χ4v) is 3.27. The van der Waals surface area contributed by atoms with Crippen molar-refractivity contribution in [3.63, 3.8) is 0 Å². The first-order valence-corrected chi connectivity index (χ1v) is 7.74. The van der Waals surface area contributed by atoms with Crippen LogP contribution in [0, 0.1) is 13.8 Å². The molecule has 1 atom stereocenters. The van der Waals surface area contributed by atoms with Gasteiger partial charge in [-0.05, 0) is 45.6 Å². The van der Waals surface area contributed by atoms with Gasteiger partial charge in [-0.2, -0.15) is 5.10 Å². The highest BCUT2D eigenvalue weighted by atomic mass is 16.2. The smallest absolute Gasteiger partial charge is 0.259 e. The number of aryl methyl sites for hydroxylation is 2. The number of hydrogen-bond acceptors (Lipinski definition) is 3. The lowest BCUT2D eigenvalue weighted by Crippen LogP contribution is -2.43. The van der Waals surface area contributed by atoms with Crippen LogP contribution in [0.1, 0.15) is 54.4 Å². The SMILES string of the molecule is CC[C@H]1CCCCN1C(=O)c1cnn2c(C)cc(C)nc12. The molecule has 0 radical (unpaired) electrons. The molecule has 1 aliphatic heterocycles. The predicted molar refractivity (Wildman–Crippen MR) is 81.4 cm³/mol. The Bertz CT molecular complexity index is 676. The van der Waals surface area contributed by atoms with Crippen molar-refractivity contribution in [1.82, 2.24) is 19.5 Å². The van der Waals surface area contributed by atoms with E-state index in [1.165, 1.54) is 6.42 Å². The number of rotatable bonds is 2. The van der Waals surface area contributed by atoms with Gasteiger partial charge in [-0.15, -0.1) is 0 Å². The highest BCUT2D eigenvalue weighted by molar-refractivity contribution is 5.99. The molecular formula is C16H22N4O. The molecule has 1 saturated heterocycles. The molecule has 5 nitrogen and oxygen atoms in total. The quantitative estimate of drug-likeness (QED) is 0.853. The normalized spacial score (nSPS) is 19.2. The molecule has 2 aromatic heterocycles. The van der Waals surface area contributed by atoms with E-state index in [1.807, 2.05) is 24.8 Å². The molecule has 2 aromatic rings. The van der Waals surface area contributed by atoms with Crippen LogP contribution < -0.4 is 0 Å². The van der Waals surface area contributed by atoms with Gasteiger partial charge in [0.25, 0.3) is 5.91 Å².